The van der Waals surface area contributed by atoms with E-state index in [0.29, 0.717) is 13.1 Å². The number of nitrogens with zero attached hydrogens (tertiary/aromatic N) is 5. The third-order valence-electron chi connectivity index (χ3n) is 4.96. The van der Waals surface area contributed by atoms with Crippen molar-refractivity contribution in [2.75, 3.05) is 0 Å². The minimum Gasteiger partial charge on any atom is -0.339 e. The van der Waals surface area contributed by atoms with Crippen LogP contribution in [-0.4, -0.2) is 29.5 Å². The molecular weight excluding hydrogens is 410 g/mol. The normalized spacial score (nSPS) is 11.3. The van der Waals surface area contributed by atoms with Gasteiger partial charge in [0.2, 0.25) is 0 Å². The number of pyridine rings is 2. The minimum atomic E-state index is 0.580. The van der Waals surface area contributed by atoms with Gasteiger partial charge in [-0.1, -0.05) is 29.8 Å². The summed E-state index contributed by atoms with van der Waals surface area (Å²) in [6.45, 7) is 3.25. The summed E-state index contributed by atoms with van der Waals surface area (Å²) >= 11 is 6.08. The van der Waals surface area contributed by atoms with Crippen LogP contribution in [0.1, 0.15) is 17.1 Å². The molecule has 0 atom stereocenters. The Kier molecular flexibility index (Phi) is 5.19. The minimum absolute atomic E-state index is 0.580. The van der Waals surface area contributed by atoms with Gasteiger partial charge in [-0.3, -0.25) is 4.98 Å². The van der Waals surface area contributed by atoms with Gasteiger partial charge in [-0.25, -0.2) is 14.5 Å². The second-order valence-corrected chi connectivity index (χ2v) is 7.72. The zero-order chi connectivity index (χ0) is 21.2. The highest BCUT2D eigenvalue weighted by atomic mass is 35.5. The van der Waals surface area contributed by atoms with Gasteiger partial charge in [-0.2, -0.15) is 5.10 Å². The Labute approximate surface area is 184 Å². The summed E-state index contributed by atoms with van der Waals surface area (Å²) in [4.78, 5) is 17.2. The molecule has 0 spiro atoms. The zero-order valence-electron chi connectivity index (χ0n) is 16.9. The van der Waals surface area contributed by atoms with E-state index in [1.54, 1.807) is 4.52 Å². The number of fused-ring (bicyclic) bond motifs is 1. The van der Waals surface area contributed by atoms with E-state index in [-0.39, 0.29) is 0 Å². The predicted octanol–water partition coefficient (Wildman–Crippen LogP) is 4.43. The van der Waals surface area contributed by atoms with E-state index in [4.69, 9.17) is 21.6 Å². The number of rotatable bonds is 6. The molecule has 1 aromatic carbocycles. The molecule has 0 aliphatic carbocycles. The van der Waals surface area contributed by atoms with Crippen LogP contribution in [0.15, 0.2) is 67.1 Å². The highest BCUT2D eigenvalue weighted by molar-refractivity contribution is 6.30. The average molecular weight is 430 g/mol. The number of hydrogen-bond donors (Lipinski definition) is 2. The van der Waals surface area contributed by atoms with E-state index in [1.807, 2.05) is 67.7 Å². The van der Waals surface area contributed by atoms with Crippen molar-refractivity contribution in [1.82, 2.24) is 34.9 Å². The molecule has 2 N–H and O–H groups in total. The Balaban J connectivity index is 1.47. The van der Waals surface area contributed by atoms with Crippen LogP contribution in [-0.2, 0) is 13.1 Å². The van der Waals surface area contributed by atoms with E-state index >= 15 is 0 Å². The van der Waals surface area contributed by atoms with Crippen LogP contribution in [0.3, 0.4) is 0 Å². The van der Waals surface area contributed by atoms with Gasteiger partial charge in [0.15, 0.2) is 5.65 Å². The molecule has 31 heavy (non-hydrogen) atoms. The molecule has 0 bridgehead atoms. The van der Waals surface area contributed by atoms with Crippen LogP contribution < -0.4 is 5.32 Å². The van der Waals surface area contributed by atoms with Crippen molar-refractivity contribution in [1.29, 1.82) is 0 Å². The van der Waals surface area contributed by atoms with Gasteiger partial charge in [0, 0.05) is 29.0 Å². The molecule has 0 aliphatic rings. The number of aromatic amines is 1. The third kappa shape index (κ3) is 4.19. The average Bonchev–Trinajstić information content (AvgIpc) is 3.40. The first-order chi connectivity index (χ1) is 15.2. The van der Waals surface area contributed by atoms with Crippen molar-refractivity contribution in [2.24, 2.45) is 0 Å². The molecule has 0 amide bonds. The summed E-state index contributed by atoms with van der Waals surface area (Å²) in [5, 5.41) is 8.40. The van der Waals surface area contributed by atoms with Crippen molar-refractivity contribution >= 4 is 17.2 Å². The summed E-state index contributed by atoms with van der Waals surface area (Å²) in [5.74, 6) is 0.828. The molecule has 4 aromatic heterocycles. The number of hydrogen-bond acceptors (Lipinski definition) is 5. The summed E-state index contributed by atoms with van der Waals surface area (Å²) in [6.07, 6.45) is 3.47. The van der Waals surface area contributed by atoms with Crippen LogP contribution in [0.25, 0.3) is 28.3 Å². The number of nitrogens with one attached hydrogen (secondary N) is 2. The molecule has 0 aliphatic heterocycles. The number of imidazole rings is 1. The standard InChI is InChI=1S/C23H20ClN7/c1-15-4-2-7-19(28-15)23-22(17-8-9-21-26-14-27-31(21)13-17)29-20(30-23)12-25-11-16-5-3-6-18(24)10-16/h2-10,13-14,25H,11-12H2,1H3,(H,29,30). The fraction of sp³-hybridized carbons (Fsp3) is 0.130. The Morgan fingerprint density at radius 2 is 1.94 bits per heavy atom. The summed E-state index contributed by atoms with van der Waals surface area (Å²) in [7, 11) is 0. The molecule has 8 heteroatoms. The van der Waals surface area contributed by atoms with Gasteiger partial charge >= 0.3 is 0 Å². The smallest absolute Gasteiger partial charge is 0.155 e. The van der Waals surface area contributed by atoms with Gasteiger partial charge in [0.1, 0.15) is 12.2 Å². The summed E-state index contributed by atoms with van der Waals surface area (Å²) < 4.78 is 1.74. The maximum Gasteiger partial charge on any atom is 0.155 e. The molecule has 0 saturated carbocycles. The lowest BCUT2D eigenvalue weighted by Gasteiger charge is -2.04. The molecule has 0 radical (unpaired) electrons. The second kappa shape index (κ2) is 8.29. The van der Waals surface area contributed by atoms with E-state index in [9.17, 15) is 0 Å². The molecule has 5 rings (SSSR count). The maximum atomic E-state index is 6.08. The van der Waals surface area contributed by atoms with Crippen LogP contribution in [0.2, 0.25) is 5.02 Å². The van der Waals surface area contributed by atoms with Gasteiger partial charge < -0.3 is 10.3 Å². The predicted molar refractivity (Wildman–Crippen MR) is 121 cm³/mol. The molecule has 0 saturated heterocycles. The van der Waals surface area contributed by atoms with Crippen molar-refractivity contribution in [3.8, 4) is 22.6 Å². The first-order valence-corrected chi connectivity index (χ1v) is 10.3. The monoisotopic (exact) mass is 429 g/mol. The van der Waals surface area contributed by atoms with Gasteiger partial charge in [0.25, 0.3) is 0 Å². The molecule has 0 fully saturated rings. The Morgan fingerprint density at radius 3 is 2.81 bits per heavy atom. The van der Waals surface area contributed by atoms with Gasteiger partial charge in [-0.05, 0) is 48.9 Å². The topological polar surface area (TPSA) is 83.8 Å². The fourth-order valence-electron chi connectivity index (χ4n) is 3.51. The van der Waals surface area contributed by atoms with Crippen LogP contribution in [0.4, 0.5) is 0 Å². The molecule has 0 unspecified atom stereocenters. The van der Waals surface area contributed by atoms with E-state index in [2.05, 4.69) is 20.4 Å². The quantitative estimate of drug-likeness (QED) is 0.417. The van der Waals surface area contributed by atoms with Gasteiger partial charge in [-0.15, -0.1) is 0 Å². The number of H-pyrrole nitrogens is 1. The number of halogens is 1. The van der Waals surface area contributed by atoms with Crippen molar-refractivity contribution < 1.29 is 0 Å². The molecule has 154 valence electrons. The van der Waals surface area contributed by atoms with E-state index in [1.165, 1.54) is 6.33 Å². The van der Waals surface area contributed by atoms with Crippen LogP contribution in [0.5, 0.6) is 0 Å². The lowest BCUT2D eigenvalue weighted by atomic mass is 10.1. The highest BCUT2D eigenvalue weighted by Crippen LogP contribution is 2.29. The Bertz CT molecular complexity index is 1360. The highest BCUT2D eigenvalue weighted by Gasteiger charge is 2.16. The largest absolute Gasteiger partial charge is 0.339 e. The van der Waals surface area contributed by atoms with Crippen molar-refractivity contribution in [2.45, 2.75) is 20.0 Å². The molecule has 5 aromatic rings. The fourth-order valence-corrected chi connectivity index (χ4v) is 3.72. The number of aromatic nitrogens is 6. The number of aryl methyl sites for hydroxylation is 1. The third-order valence-corrected chi connectivity index (χ3v) is 5.19. The molecule has 7 nitrogen and oxygen atoms in total. The van der Waals surface area contributed by atoms with E-state index < -0.39 is 0 Å². The SMILES string of the molecule is Cc1cccc(-c2[nH]c(CNCc3cccc(Cl)c3)nc2-c2ccc3ncnn3c2)n1. The van der Waals surface area contributed by atoms with Gasteiger partial charge in [0.05, 0.1) is 23.6 Å². The summed E-state index contributed by atoms with van der Waals surface area (Å²) in [6, 6.07) is 17.7. The first kappa shape index (κ1) is 19.4. The Hall–Kier alpha value is -3.55. The van der Waals surface area contributed by atoms with Crippen molar-refractivity contribution in [3.63, 3.8) is 0 Å². The lowest BCUT2D eigenvalue weighted by molar-refractivity contribution is 0.669. The van der Waals surface area contributed by atoms with Crippen LogP contribution in [0, 0.1) is 6.92 Å². The number of benzene rings is 1. The zero-order valence-corrected chi connectivity index (χ0v) is 17.6. The molecule has 4 heterocycles. The van der Waals surface area contributed by atoms with Crippen LogP contribution >= 0.6 is 11.6 Å². The molecular formula is C23H20ClN7. The van der Waals surface area contributed by atoms with E-state index in [0.717, 1.165) is 50.4 Å². The maximum absolute atomic E-state index is 6.08. The first-order valence-electron chi connectivity index (χ1n) is 9.93. The Morgan fingerprint density at radius 1 is 1.03 bits per heavy atom. The van der Waals surface area contributed by atoms with Crippen molar-refractivity contribution in [3.05, 3.63) is 89.2 Å². The second-order valence-electron chi connectivity index (χ2n) is 7.29. The lowest BCUT2D eigenvalue weighted by Crippen LogP contribution is -2.13. The summed E-state index contributed by atoms with van der Waals surface area (Å²) in [5.41, 5.74) is 6.36.